The molecule has 0 amide bonds. The number of nitrogens with zero attached hydrogens (tertiary/aromatic N) is 2. The minimum atomic E-state index is 0.108. The van der Waals surface area contributed by atoms with Crippen LogP contribution in [0.15, 0.2) is 41.4 Å². The zero-order valence-corrected chi connectivity index (χ0v) is 13.0. The molecule has 3 aromatic heterocycles. The van der Waals surface area contributed by atoms with Crippen LogP contribution in [0, 0.1) is 11.8 Å². The van der Waals surface area contributed by atoms with Crippen LogP contribution in [0.5, 0.6) is 0 Å². The minimum absolute atomic E-state index is 0.108. The van der Waals surface area contributed by atoms with E-state index in [0.29, 0.717) is 6.42 Å². The van der Waals surface area contributed by atoms with Crippen LogP contribution >= 0.6 is 22.7 Å². The largest absolute Gasteiger partial charge is 0.395 e. The Morgan fingerprint density at radius 2 is 2.19 bits per heavy atom. The van der Waals surface area contributed by atoms with E-state index in [1.807, 2.05) is 24.5 Å². The van der Waals surface area contributed by atoms with Crippen molar-refractivity contribution in [1.29, 1.82) is 0 Å². The Labute approximate surface area is 131 Å². The molecule has 5 heteroatoms. The van der Waals surface area contributed by atoms with Gasteiger partial charge >= 0.3 is 0 Å². The molecular weight excluding hydrogens is 300 g/mol. The highest BCUT2D eigenvalue weighted by Crippen LogP contribution is 2.25. The molecule has 3 rings (SSSR count). The minimum Gasteiger partial charge on any atom is -0.395 e. The van der Waals surface area contributed by atoms with Crippen molar-refractivity contribution in [1.82, 2.24) is 9.55 Å². The Hall–Kier alpha value is -1.87. The highest BCUT2D eigenvalue weighted by Gasteiger charge is 2.09. The Bertz CT molecular complexity index is 760. The summed E-state index contributed by atoms with van der Waals surface area (Å²) in [6.45, 7) is 0.880. The first-order valence-corrected chi connectivity index (χ1v) is 8.35. The standard InChI is InChI=1S/C16H14N2OS2/c19-9-2-1-4-13-6-11-21-15(13)12-18-8-7-17-16(18)14-5-3-10-20-14/h3,5-8,10-11,19H,2,9,12H2. The summed E-state index contributed by atoms with van der Waals surface area (Å²) in [4.78, 5) is 6.84. The molecule has 3 nitrogen and oxygen atoms in total. The molecule has 106 valence electrons. The van der Waals surface area contributed by atoms with E-state index in [-0.39, 0.29) is 6.61 Å². The van der Waals surface area contributed by atoms with E-state index in [1.54, 1.807) is 22.7 Å². The van der Waals surface area contributed by atoms with E-state index in [0.717, 1.165) is 17.9 Å². The second-order valence-electron chi connectivity index (χ2n) is 4.39. The maximum absolute atomic E-state index is 8.80. The maximum Gasteiger partial charge on any atom is 0.150 e. The van der Waals surface area contributed by atoms with Crippen LogP contribution in [0.1, 0.15) is 16.9 Å². The first kappa shape index (κ1) is 14.1. The lowest BCUT2D eigenvalue weighted by atomic mass is 10.2. The van der Waals surface area contributed by atoms with Gasteiger partial charge in [-0.2, -0.15) is 0 Å². The molecule has 0 radical (unpaired) electrons. The fourth-order valence-electron chi connectivity index (χ4n) is 2.01. The zero-order valence-electron chi connectivity index (χ0n) is 11.3. The first-order chi connectivity index (χ1) is 10.4. The summed E-state index contributed by atoms with van der Waals surface area (Å²) in [7, 11) is 0. The molecule has 0 saturated carbocycles. The number of aromatic nitrogens is 2. The molecule has 3 heterocycles. The molecule has 0 bridgehead atoms. The van der Waals surface area contributed by atoms with Crippen molar-refractivity contribution in [2.24, 2.45) is 0 Å². The number of rotatable bonds is 4. The first-order valence-electron chi connectivity index (χ1n) is 6.59. The molecular formula is C16H14N2OS2. The topological polar surface area (TPSA) is 38.0 Å². The van der Waals surface area contributed by atoms with Crippen LogP contribution in [-0.4, -0.2) is 21.3 Å². The number of hydrogen-bond donors (Lipinski definition) is 1. The number of aliphatic hydroxyl groups excluding tert-OH is 1. The number of imidazole rings is 1. The van der Waals surface area contributed by atoms with Crippen molar-refractivity contribution < 1.29 is 5.11 Å². The Balaban J connectivity index is 1.84. The van der Waals surface area contributed by atoms with Crippen LogP contribution < -0.4 is 0 Å². The number of thiophene rings is 2. The van der Waals surface area contributed by atoms with Gasteiger partial charge in [0, 0.05) is 29.3 Å². The van der Waals surface area contributed by atoms with Crippen LogP contribution in [0.25, 0.3) is 10.7 Å². The molecule has 3 aromatic rings. The summed E-state index contributed by atoms with van der Waals surface area (Å²) in [6, 6.07) is 6.15. The van der Waals surface area contributed by atoms with Crippen LogP contribution in [0.4, 0.5) is 0 Å². The molecule has 0 aliphatic heterocycles. The molecule has 1 N–H and O–H groups in total. The van der Waals surface area contributed by atoms with Gasteiger partial charge in [-0.1, -0.05) is 17.9 Å². The quantitative estimate of drug-likeness (QED) is 0.749. The number of aliphatic hydroxyl groups is 1. The summed E-state index contributed by atoms with van der Waals surface area (Å²) < 4.78 is 2.15. The predicted molar refractivity (Wildman–Crippen MR) is 87.5 cm³/mol. The third kappa shape index (κ3) is 3.24. The lowest BCUT2D eigenvalue weighted by Gasteiger charge is -2.05. The molecule has 0 saturated heterocycles. The van der Waals surface area contributed by atoms with Gasteiger partial charge in [0.2, 0.25) is 0 Å². The van der Waals surface area contributed by atoms with Gasteiger partial charge in [-0.15, -0.1) is 22.7 Å². The smallest absolute Gasteiger partial charge is 0.150 e. The van der Waals surface area contributed by atoms with E-state index >= 15 is 0 Å². The average Bonchev–Trinajstić information content (AvgIpc) is 3.21. The molecule has 0 aliphatic rings. The van der Waals surface area contributed by atoms with Crippen molar-refractivity contribution >= 4 is 22.7 Å². The van der Waals surface area contributed by atoms with Gasteiger partial charge in [0.05, 0.1) is 18.0 Å². The zero-order chi connectivity index (χ0) is 14.5. The molecule has 0 fully saturated rings. The van der Waals surface area contributed by atoms with E-state index in [2.05, 4.69) is 38.2 Å². The number of hydrogen-bond acceptors (Lipinski definition) is 4. The highest BCUT2D eigenvalue weighted by molar-refractivity contribution is 7.13. The highest BCUT2D eigenvalue weighted by atomic mass is 32.1. The molecule has 21 heavy (non-hydrogen) atoms. The van der Waals surface area contributed by atoms with Crippen LogP contribution in [0.2, 0.25) is 0 Å². The summed E-state index contributed by atoms with van der Waals surface area (Å²) in [6.07, 6.45) is 4.35. The van der Waals surface area contributed by atoms with Gasteiger partial charge in [0.1, 0.15) is 5.82 Å². The van der Waals surface area contributed by atoms with Gasteiger partial charge in [-0.25, -0.2) is 4.98 Å². The second kappa shape index (κ2) is 6.72. The lowest BCUT2D eigenvalue weighted by Crippen LogP contribution is -2.00. The van der Waals surface area contributed by atoms with Crippen molar-refractivity contribution in [3.63, 3.8) is 0 Å². The van der Waals surface area contributed by atoms with E-state index < -0.39 is 0 Å². The Morgan fingerprint density at radius 3 is 3.00 bits per heavy atom. The Kier molecular flexibility index (Phi) is 4.51. The van der Waals surface area contributed by atoms with E-state index in [9.17, 15) is 0 Å². The van der Waals surface area contributed by atoms with Crippen LogP contribution in [-0.2, 0) is 6.54 Å². The summed E-state index contributed by atoms with van der Waals surface area (Å²) in [5, 5.41) is 12.9. The summed E-state index contributed by atoms with van der Waals surface area (Å²) in [5.74, 6) is 7.11. The average molecular weight is 314 g/mol. The lowest BCUT2D eigenvalue weighted by molar-refractivity contribution is 0.305. The summed E-state index contributed by atoms with van der Waals surface area (Å²) >= 11 is 3.39. The molecule has 0 aliphatic carbocycles. The molecule has 0 spiro atoms. The normalized spacial score (nSPS) is 10.3. The molecule has 0 atom stereocenters. The fourth-order valence-corrected chi connectivity index (χ4v) is 3.57. The van der Waals surface area contributed by atoms with Crippen molar-refractivity contribution in [3.05, 3.63) is 51.8 Å². The van der Waals surface area contributed by atoms with Gasteiger partial charge in [-0.05, 0) is 22.9 Å². The monoisotopic (exact) mass is 314 g/mol. The third-order valence-corrected chi connectivity index (χ3v) is 4.75. The van der Waals surface area contributed by atoms with Gasteiger partial charge in [-0.3, -0.25) is 0 Å². The Morgan fingerprint density at radius 1 is 1.24 bits per heavy atom. The maximum atomic E-state index is 8.80. The molecule has 0 unspecified atom stereocenters. The van der Waals surface area contributed by atoms with Crippen LogP contribution in [0.3, 0.4) is 0 Å². The van der Waals surface area contributed by atoms with Crippen molar-refractivity contribution in [3.8, 4) is 22.5 Å². The van der Waals surface area contributed by atoms with Gasteiger partial charge in [0.25, 0.3) is 0 Å². The SMILES string of the molecule is OCCC#Cc1ccsc1Cn1ccnc1-c1cccs1. The third-order valence-electron chi connectivity index (χ3n) is 2.98. The van der Waals surface area contributed by atoms with Gasteiger partial charge in [0.15, 0.2) is 0 Å². The summed E-state index contributed by atoms with van der Waals surface area (Å²) in [5.41, 5.74) is 1.04. The van der Waals surface area contributed by atoms with E-state index in [4.69, 9.17) is 5.11 Å². The van der Waals surface area contributed by atoms with Gasteiger partial charge < -0.3 is 9.67 Å². The fraction of sp³-hybridized carbons (Fsp3) is 0.188. The predicted octanol–water partition coefficient (Wildman–Crippen LogP) is 3.46. The second-order valence-corrected chi connectivity index (χ2v) is 6.34. The van der Waals surface area contributed by atoms with E-state index in [1.165, 1.54) is 9.75 Å². The van der Waals surface area contributed by atoms with Crippen molar-refractivity contribution in [2.45, 2.75) is 13.0 Å². The van der Waals surface area contributed by atoms with Crippen molar-refractivity contribution in [2.75, 3.05) is 6.61 Å². The molecule has 0 aromatic carbocycles.